The van der Waals surface area contributed by atoms with Crippen LogP contribution in [-0.4, -0.2) is 28.8 Å². The summed E-state index contributed by atoms with van der Waals surface area (Å²) >= 11 is 6.49. The highest BCUT2D eigenvalue weighted by atomic mass is 35.5. The van der Waals surface area contributed by atoms with Crippen molar-refractivity contribution in [1.29, 1.82) is 0 Å². The molecule has 0 heterocycles. The van der Waals surface area contributed by atoms with Crippen molar-refractivity contribution < 1.29 is 9.59 Å². The van der Waals surface area contributed by atoms with E-state index in [1.807, 2.05) is 68.4 Å². The highest BCUT2D eigenvalue weighted by Gasteiger charge is 2.31. The number of aryl methyl sites for hydroxylation is 1. The van der Waals surface area contributed by atoms with Crippen molar-refractivity contribution in [2.45, 2.75) is 77.9 Å². The first-order chi connectivity index (χ1) is 17.5. The fraction of sp³-hybridized carbons (Fsp3) is 0.375. The Morgan fingerprint density at radius 2 is 1.49 bits per heavy atom. The summed E-state index contributed by atoms with van der Waals surface area (Å²) in [6.45, 7) is 10.7. The van der Waals surface area contributed by atoms with E-state index in [-0.39, 0.29) is 29.8 Å². The van der Waals surface area contributed by atoms with E-state index in [0.717, 1.165) is 16.7 Å². The predicted octanol–water partition coefficient (Wildman–Crippen LogP) is 6.73. The number of nitrogens with one attached hydrogen (secondary N) is 1. The maximum Gasteiger partial charge on any atom is 0.243 e. The number of hydrogen-bond donors (Lipinski definition) is 1. The Labute approximate surface area is 227 Å². The van der Waals surface area contributed by atoms with Gasteiger partial charge >= 0.3 is 0 Å². The van der Waals surface area contributed by atoms with Gasteiger partial charge in [-0.2, -0.15) is 0 Å². The minimum Gasteiger partial charge on any atom is -0.352 e. The number of amides is 2. The van der Waals surface area contributed by atoms with Crippen LogP contribution in [0.5, 0.6) is 0 Å². The van der Waals surface area contributed by atoms with Gasteiger partial charge in [-0.1, -0.05) is 105 Å². The van der Waals surface area contributed by atoms with Gasteiger partial charge in [0.05, 0.1) is 0 Å². The normalized spacial score (nSPS) is 12.3. The molecule has 2 amide bonds. The van der Waals surface area contributed by atoms with Crippen LogP contribution in [0.25, 0.3) is 0 Å². The molecule has 0 aliphatic heterocycles. The predicted molar refractivity (Wildman–Crippen MR) is 153 cm³/mol. The molecule has 0 fully saturated rings. The van der Waals surface area contributed by atoms with E-state index >= 15 is 0 Å². The number of hydrogen-bond acceptors (Lipinski definition) is 2. The summed E-state index contributed by atoms with van der Waals surface area (Å²) < 4.78 is 0. The number of rotatable bonds is 10. The van der Waals surface area contributed by atoms with Gasteiger partial charge < -0.3 is 10.2 Å². The Balaban J connectivity index is 1.89. The molecule has 37 heavy (non-hydrogen) atoms. The Hall–Kier alpha value is -3.11. The molecule has 1 N–H and O–H groups in total. The molecule has 3 rings (SSSR count). The SMILES string of the molecule is CC(C)NC(=O)[C@@H](Cc1ccccc1)N(Cc1ccccc1Cl)C(=O)CCc1ccc(C(C)(C)C)cc1. The molecule has 0 saturated heterocycles. The third kappa shape index (κ3) is 8.46. The van der Waals surface area contributed by atoms with Gasteiger partial charge in [0.15, 0.2) is 0 Å². The molecule has 0 bridgehead atoms. The van der Waals surface area contributed by atoms with Gasteiger partial charge in [0.25, 0.3) is 0 Å². The van der Waals surface area contributed by atoms with Gasteiger partial charge in [-0.15, -0.1) is 0 Å². The molecule has 4 nitrogen and oxygen atoms in total. The van der Waals surface area contributed by atoms with Crippen molar-refractivity contribution in [1.82, 2.24) is 10.2 Å². The van der Waals surface area contributed by atoms with E-state index in [0.29, 0.717) is 24.3 Å². The number of carbonyl (C=O) groups is 2. The molecule has 0 aliphatic carbocycles. The summed E-state index contributed by atoms with van der Waals surface area (Å²) in [5.41, 5.74) is 4.26. The fourth-order valence-corrected chi connectivity index (χ4v) is 4.51. The standard InChI is InChI=1S/C32H39ClN2O2/c1-23(2)34-31(37)29(21-25-11-7-6-8-12-25)35(22-26-13-9-10-14-28(26)33)30(36)20-17-24-15-18-27(19-16-24)32(3,4)5/h6-16,18-19,23,29H,17,20-22H2,1-5H3,(H,34,37)/t29-/m1/s1. The second-order valence-electron chi connectivity index (χ2n) is 10.9. The molecule has 0 spiro atoms. The largest absolute Gasteiger partial charge is 0.352 e. The van der Waals surface area contributed by atoms with Crippen LogP contribution in [0.4, 0.5) is 0 Å². The lowest BCUT2D eigenvalue weighted by atomic mass is 9.86. The van der Waals surface area contributed by atoms with Crippen LogP contribution < -0.4 is 5.32 Å². The number of halogens is 1. The average molecular weight is 519 g/mol. The highest BCUT2D eigenvalue weighted by Crippen LogP contribution is 2.24. The monoisotopic (exact) mass is 518 g/mol. The van der Waals surface area contributed by atoms with Crippen molar-refractivity contribution in [3.8, 4) is 0 Å². The molecule has 3 aromatic rings. The van der Waals surface area contributed by atoms with Crippen LogP contribution in [0.3, 0.4) is 0 Å². The summed E-state index contributed by atoms with van der Waals surface area (Å²) in [4.78, 5) is 28.9. The third-order valence-electron chi connectivity index (χ3n) is 6.45. The number of carbonyl (C=O) groups excluding carboxylic acids is 2. The zero-order valence-corrected chi connectivity index (χ0v) is 23.4. The lowest BCUT2D eigenvalue weighted by molar-refractivity contribution is -0.141. The van der Waals surface area contributed by atoms with Gasteiger partial charge in [0.2, 0.25) is 11.8 Å². The van der Waals surface area contributed by atoms with E-state index in [1.165, 1.54) is 5.56 Å². The van der Waals surface area contributed by atoms with E-state index in [4.69, 9.17) is 11.6 Å². The molecule has 196 valence electrons. The van der Waals surface area contributed by atoms with Crippen molar-refractivity contribution in [2.24, 2.45) is 0 Å². The quantitative estimate of drug-likeness (QED) is 0.323. The summed E-state index contributed by atoms with van der Waals surface area (Å²) in [6.07, 6.45) is 1.33. The summed E-state index contributed by atoms with van der Waals surface area (Å²) in [5, 5.41) is 3.61. The summed E-state index contributed by atoms with van der Waals surface area (Å²) in [5.74, 6) is -0.228. The van der Waals surface area contributed by atoms with Crippen molar-refractivity contribution in [3.05, 3.63) is 106 Å². The molecule has 0 saturated carbocycles. The minimum absolute atomic E-state index is 0.0376. The maximum absolute atomic E-state index is 13.8. The lowest BCUT2D eigenvalue weighted by Crippen LogP contribution is -2.51. The van der Waals surface area contributed by atoms with Crippen LogP contribution in [0.15, 0.2) is 78.9 Å². The van der Waals surface area contributed by atoms with Crippen LogP contribution in [0.1, 0.15) is 63.3 Å². The number of benzene rings is 3. The second kappa shape index (κ2) is 12.9. The first-order valence-electron chi connectivity index (χ1n) is 13.0. The molecule has 0 unspecified atom stereocenters. The van der Waals surface area contributed by atoms with Crippen LogP contribution in [0, 0.1) is 0 Å². The molecular weight excluding hydrogens is 480 g/mol. The van der Waals surface area contributed by atoms with E-state index in [2.05, 4.69) is 50.4 Å². The summed E-state index contributed by atoms with van der Waals surface area (Å²) in [6, 6.07) is 25.1. The molecule has 5 heteroatoms. The van der Waals surface area contributed by atoms with E-state index in [1.54, 1.807) is 4.90 Å². The Kier molecular flexibility index (Phi) is 9.93. The maximum atomic E-state index is 13.8. The third-order valence-corrected chi connectivity index (χ3v) is 6.82. The van der Waals surface area contributed by atoms with Crippen molar-refractivity contribution >= 4 is 23.4 Å². The Morgan fingerprint density at radius 3 is 2.08 bits per heavy atom. The zero-order valence-electron chi connectivity index (χ0n) is 22.6. The molecule has 1 atom stereocenters. The zero-order chi connectivity index (χ0) is 27.0. The van der Waals surface area contributed by atoms with Gasteiger partial charge in [-0.05, 0) is 54.0 Å². The summed E-state index contributed by atoms with van der Waals surface area (Å²) in [7, 11) is 0. The van der Waals surface area contributed by atoms with Crippen LogP contribution >= 0.6 is 11.6 Å². The lowest BCUT2D eigenvalue weighted by Gasteiger charge is -2.32. The van der Waals surface area contributed by atoms with E-state index < -0.39 is 6.04 Å². The Bertz CT molecular complexity index is 1170. The van der Waals surface area contributed by atoms with Gasteiger partial charge in [0, 0.05) is 30.5 Å². The first kappa shape index (κ1) is 28.5. The van der Waals surface area contributed by atoms with Crippen LogP contribution in [-0.2, 0) is 34.4 Å². The second-order valence-corrected chi connectivity index (χ2v) is 11.3. The van der Waals surface area contributed by atoms with Gasteiger partial charge in [-0.3, -0.25) is 9.59 Å². The van der Waals surface area contributed by atoms with Gasteiger partial charge in [0.1, 0.15) is 6.04 Å². The fourth-order valence-electron chi connectivity index (χ4n) is 4.31. The molecular formula is C32H39ClN2O2. The smallest absolute Gasteiger partial charge is 0.243 e. The molecule has 0 aliphatic rings. The highest BCUT2D eigenvalue weighted by molar-refractivity contribution is 6.31. The van der Waals surface area contributed by atoms with Gasteiger partial charge in [-0.25, -0.2) is 0 Å². The molecule has 0 radical (unpaired) electrons. The number of nitrogens with zero attached hydrogens (tertiary/aromatic N) is 1. The Morgan fingerprint density at radius 1 is 0.865 bits per heavy atom. The van der Waals surface area contributed by atoms with Crippen molar-refractivity contribution in [3.63, 3.8) is 0 Å². The van der Waals surface area contributed by atoms with Crippen molar-refractivity contribution in [2.75, 3.05) is 0 Å². The van der Waals surface area contributed by atoms with Crippen LogP contribution in [0.2, 0.25) is 5.02 Å². The molecule has 3 aromatic carbocycles. The molecule has 0 aromatic heterocycles. The van der Waals surface area contributed by atoms with E-state index in [9.17, 15) is 9.59 Å². The first-order valence-corrected chi connectivity index (χ1v) is 13.4. The minimum atomic E-state index is -0.656. The average Bonchev–Trinajstić information content (AvgIpc) is 2.85. The topological polar surface area (TPSA) is 49.4 Å².